The van der Waals surface area contributed by atoms with Gasteiger partial charge in [0, 0.05) is 13.0 Å². The maximum Gasteiger partial charge on any atom is 0.295 e. The topological polar surface area (TPSA) is 32.3 Å². The molecule has 0 aliphatic carbocycles. The molecule has 1 aliphatic heterocycles. The average Bonchev–Trinajstić information content (AvgIpc) is 2.41. The molecule has 0 aromatic carbocycles. The fourth-order valence-electron chi connectivity index (χ4n) is 1.95. The first-order chi connectivity index (χ1) is 8.72. The van der Waals surface area contributed by atoms with Crippen LogP contribution in [0, 0.1) is 17.8 Å². The zero-order valence-corrected chi connectivity index (χ0v) is 12.4. The van der Waals surface area contributed by atoms with E-state index in [0.717, 1.165) is 25.3 Å². The lowest BCUT2D eigenvalue weighted by Crippen LogP contribution is -2.32. The summed E-state index contributed by atoms with van der Waals surface area (Å²) in [6.07, 6.45) is 4.34. The monoisotopic (exact) mass is 252 g/mol. The molecule has 0 saturated carbocycles. The number of carbonyl (C=O) groups is 1. The van der Waals surface area contributed by atoms with E-state index < -0.39 is 0 Å². The first kappa shape index (κ1) is 17.0. The van der Waals surface area contributed by atoms with Crippen LogP contribution in [0.25, 0.3) is 0 Å². The van der Waals surface area contributed by atoms with Crippen LogP contribution in [0.4, 0.5) is 0 Å². The molecular formula is C15H28N2O. The Labute approximate surface area is 112 Å². The molecule has 0 radical (unpaired) electrons. The Bertz CT molecular complexity index is 270. The molecule has 0 aromatic rings. The summed E-state index contributed by atoms with van der Waals surface area (Å²) in [5.41, 5.74) is 0. The molecule has 0 atom stereocenters. The van der Waals surface area contributed by atoms with Crippen LogP contribution in [-0.4, -0.2) is 37.5 Å². The van der Waals surface area contributed by atoms with Gasteiger partial charge in [-0.2, -0.15) is 0 Å². The van der Waals surface area contributed by atoms with E-state index in [0.29, 0.717) is 0 Å². The Balaban J connectivity index is 0.00000137. The number of likely N-dealkylation sites (tertiary alicyclic amines) is 1. The van der Waals surface area contributed by atoms with Crippen molar-refractivity contribution in [3.8, 4) is 11.8 Å². The first-order valence-corrected chi connectivity index (χ1v) is 7.17. The lowest BCUT2D eigenvalue weighted by molar-refractivity contribution is -0.115. The second-order valence-corrected chi connectivity index (χ2v) is 4.45. The van der Waals surface area contributed by atoms with Gasteiger partial charge in [0.15, 0.2) is 0 Å². The molecule has 1 rings (SSSR count). The minimum absolute atomic E-state index is 0.130. The summed E-state index contributed by atoms with van der Waals surface area (Å²) in [7, 11) is 2.17. The Kier molecular flexibility index (Phi) is 10.5. The Morgan fingerprint density at radius 2 is 1.94 bits per heavy atom. The van der Waals surface area contributed by atoms with Crippen molar-refractivity contribution in [2.45, 2.75) is 46.5 Å². The number of hydrogen-bond donors (Lipinski definition) is 1. The van der Waals surface area contributed by atoms with Crippen molar-refractivity contribution in [1.29, 1.82) is 0 Å². The largest absolute Gasteiger partial charge is 0.345 e. The van der Waals surface area contributed by atoms with E-state index in [4.69, 9.17) is 0 Å². The second-order valence-electron chi connectivity index (χ2n) is 4.45. The van der Waals surface area contributed by atoms with Crippen molar-refractivity contribution in [2.24, 2.45) is 5.92 Å². The Morgan fingerprint density at radius 1 is 1.33 bits per heavy atom. The van der Waals surface area contributed by atoms with Gasteiger partial charge < -0.3 is 10.2 Å². The van der Waals surface area contributed by atoms with Crippen LogP contribution in [0.15, 0.2) is 0 Å². The van der Waals surface area contributed by atoms with E-state index in [-0.39, 0.29) is 5.91 Å². The molecule has 1 amide bonds. The molecular weight excluding hydrogens is 224 g/mol. The molecule has 3 heteroatoms. The number of nitrogens with zero attached hydrogens (tertiary/aromatic N) is 1. The van der Waals surface area contributed by atoms with Gasteiger partial charge in [0.2, 0.25) is 0 Å². The molecule has 1 aliphatic rings. The van der Waals surface area contributed by atoms with E-state index >= 15 is 0 Å². The fraction of sp³-hybridized carbons (Fsp3) is 0.800. The summed E-state index contributed by atoms with van der Waals surface area (Å²) in [6.45, 7) is 9.09. The van der Waals surface area contributed by atoms with Crippen molar-refractivity contribution in [3.63, 3.8) is 0 Å². The zero-order valence-electron chi connectivity index (χ0n) is 12.4. The Morgan fingerprint density at radius 3 is 2.50 bits per heavy atom. The average molecular weight is 252 g/mol. The summed E-state index contributed by atoms with van der Waals surface area (Å²) >= 11 is 0. The smallest absolute Gasteiger partial charge is 0.295 e. The summed E-state index contributed by atoms with van der Waals surface area (Å²) in [5.74, 6) is 5.99. The number of nitrogens with one attached hydrogen (secondary N) is 1. The van der Waals surface area contributed by atoms with E-state index in [1.807, 2.05) is 20.8 Å². The van der Waals surface area contributed by atoms with Gasteiger partial charge in [-0.15, -0.1) is 0 Å². The summed E-state index contributed by atoms with van der Waals surface area (Å²) in [4.78, 5) is 13.6. The van der Waals surface area contributed by atoms with Crippen LogP contribution in [0.2, 0.25) is 0 Å². The normalized spacial score (nSPS) is 16.0. The fourth-order valence-corrected chi connectivity index (χ4v) is 1.95. The van der Waals surface area contributed by atoms with Gasteiger partial charge in [-0.1, -0.05) is 26.7 Å². The number of amides is 1. The molecule has 0 aromatic heterocycles. The van der Waals surface area contributed by atoms with Crippen molar-refractivity contribution >= 4 is 5.91 Å². The highest BCUT2D eigenvalue weighted by atomic mass is 16.1. The van der Waals surface area contributed by atoms with Crippen LogP contribution in [0.1, 0.15) is 46.5 Å². The molecule has 0 unspecified atom stereocenters. The lowest BCUT2D eigenvalue weighted by atomic mass is 9.94. The van der Waals surface area contributed by atoms with Crippen LogP contribution in [0.3, 0.4) is 0 Å². The summed E-state index contributed by atoms with van der Waals surface area (Å²) in [6, 6.07) is 0. The van der Waals surface area contributed by atoms with Crippen molar-refractivity contribution in [2.75, 3.05) is 26.7 Å². The maximum absolute atomic E-state index is 11.2. The number of piperidine rings is 1. The quantitative estimate of drug-likeness (QED) is 0.782. The minimum atomic E-state index is -0.130. The first-order valence-electron chi connectivity index (χ1n) is 7.17. The van der Waals surface area contributed by atoms with Crippen LogP contribution < -0.4 is 5.32 Å². The van der Waals surface area contributed by atoms with Crippen LogP contribution in [-0.2, 0) is 4.79 Å². The van der Waals surface area contributed by atoms with Crippen molar-refractivity contribution < 1.29 is 4.79 Å². The second kappa shape index (κ2) is 11.1. The van der Waals surface area contributed by atoms with E-state index in [1.165, 1.54) is 25.9 Å². The molecule has 104 valence electrons. The SMILES string of the molecule is CC.CCC#CC(=O)NCCC1CCN(C)CC1. The van der Waals surface area contributed by atoms with Gasteiger partial charge in [0.05, 0.1) is 0 Å². The molecule has 0 spiro atoms. The maximum atomic E-state index is 11.2. The zero-order chi connectivity index (χ0) is 13.8. The number of hydrogen-bond acceptors (Lipinski definition) is 2. The van der Waals surface area contributed by atoms with E-state index in [2.05, 4.69) is 29.1 Å². The predicted molar refractivity (Wildman–Crippen MR) is 77.3 cm³/mol. The van der Waals surface area contributed by atoms with Crippen LogP contribution >= 0.6 is 0 Å². The highest BCUT2D eigenvalue weighted by Crippen LogP contribution is 2.18. The van der Waals surface area contributed by atoms with E-state index in [9.17, 15) is 4.79 Å². The molecule has 1 fully saturated rings. The third-order valence-electron chi connectivity index (χ3n) is 3.05. The highest BCUT2D eigenvalue weighted by molar-refractivity contribution is 5.93. The Hall–Kier alpha value is -1.01. The van der Waals surface area contributed by atoms with Gasteiger partial charge in [0.1, 0.15) is 0 Å². The third kappa shape index (κ3) is 8.14. The predicted octanol–water partition coefficient (Wildman–Crippen LogP) is 2.27. The van der Waals surface area contributed by atoms with Gasteiger partial charge in [0.25, 0.3) is 5.91 Å². The van der Waals surface area contributed by atoms with Crippen LogP contribution in [0.5, 0.6) is 0 Å². The standard InChI is InChI=1S/C13H22N2O.C2H6/c1-3-4-5-13(16)14-9-6-12-7-10-15(2)11-8-12;1-2/h12H,3,6-11H2,1-2H3,(H,14,16);1-2H3. The minimum Gasteiger partial charge on any atom is -0.345 e. The molecule has 1 N–H and O–H groups in total. The van der Waals surface area contributed by atoms with Gasteiger partial charge >= 0.3 is 0 Å². The highest BCUT2D eigenvalue weighted by Gasteiger charge is 2.15. The van der Waals surface area contributed by atoms with Gasteiger partial charge in [-0.25, -0.2) is 0 Å². The summed E-state index contributed by atoms with van der Waals surface area (Å²) in [5, 5.41) is 2.85. The third-order valence-corrected chi connectivity index (χ3v) is 3.05. The molecule has 1 heterocycles. The molecule has 0 bridgehead atoms. The molecule has 18 heavy (non-hydrogen) atoms. The number of rotatable bonds is 3. The molecule has 1 saturated heterocycles. The van der Waals surface area contributed by atoms with Crippen molar-refractivity contribution in [3.05, 3.63) is 0 Å². The molecule has 3 nitrogen and oxygen atoms in total. The summed E-state index contributed by atoms with van der Waals surface area (Å²) < 4.78 is 0. The van der Waals surface area contributed by atoms with Crippen molar-refractivity contribution in [1.82, 2.24) is 10.2 Å². The van der Waals surface area contributed by atoms with Gasteiger partial charge in [-0.3, -0.25) is 4.79 Å². The number of carbonyl (C=O) groups excluding carboxylic acids is 1. The van der Waals surface area contributed by atoms with E-state index in [1.54, 1.807) is 0 Å². The lowest BCUT2D eigenvalue weighted by Gasteiger charge is -2.28. The van der Waals surface area contributed by atoms with Gasteiger partial charge in [-0.05, 0) is 51.2 Å².